The molecule has 0 spiro atoms. The number of carbonyl (C=O) groups excluding carboxylic acids is 2. The fourth-order valence-corrected chi connectivity index (χ4v) is 1.92. The summed E-state index contributed by atoms with van der Waals surface area (Å²) in [5.41, 5.74) is 0. The monoisotopic (exact) mass is 241 g/mol. The van der Waals surface area contributed by atoms with Gasteiger partial charge in [-0.05, 0) is 25.8 Å². The van der Waals surface area contributed by atoms with E-state index in [2.05, 4.69) is 10.6 Å². The molecular formula is C12H23N3O2. The smallest absolute Gasteiger partial charge is 0.239 e. The van der Waals surface area contributed by atoms with Crippen molar-refractivity contribution in [3.8, 4) is 0 Å². The van der Waals surface area contributed by atoms with E-state index in [-0.39, 0.29) is 18.4 Å². The van der Waals surface area contributed by atoms with Crippen LogP contribution in [0.5, 0.6) is 0 Å². The molecule has 98 valence electrons. The molecule has 1 rings (SSSR count). The molecule has 0 aromatic heterocycles. The number of hydrogen-bond acceptors (Lipinski definition) is 3. The van der Waals surface area contributed by atoms with Crippen molar-refractivity contribution >= 4 is 11.8 Å². The standard InChI is InChI=1S/C12H23N3O2/c1-3-6-14-11(16)9-15(2)12(17)8-10-5-4-7-13-10/h10,13H,3-9H2,1-2H3,(H,14,16). The van der Waals surface area contributed by atoms with Gasteiger partial charge in [0.05, 0.1) is 6.54 Å². The van der Waals surface area contributed by atoms with Crippen LogP contribution < -0.4 is 10.6 Å². The van der Waals surface area contributed by atoms with Crippen molar-refractivity contribution in [3.63, 3.8) is 0 Å². The lowest BCUT2D eigenvalue weighted by molar-refractivity contribution is -0.135. The molecule has 5 heteroatoms. The van der Waals surface area contributed by atoms with Gasteiger partial charge < -0.3 is 15.5 Å². The van der Waals surface area contributed by atoms with Gasteiger partial charge in [-0.1, -0.05) is 6.92 Å². The molecule has 0 aromatic rings. The van der Waals surface area contributed by atoms with Gasteiger partial charge in [-0.15, -0.1) is 0 Å². The lowest BCUT2D eigenvalue weighted by Gasteiger charge is -2.19. The maximum absolute atomic E-state index is 11.8. The lowest BCUT2D eigenvalue weighted by atomic mass is 10.1. The average Bonchev–Trinajstić information content (AvgIpc) is 2.78. The molecule has 17 heavy (non-hydrogen) atoms. The van der Waals surface area contributed by atoms with Crippen molar-refractivity contribution in [2.24, 2.45) is 0 Å². The first-order valence-corrected chi connectivity index (χ1v) is 6.37. The third-order valence-electron chi connectivity index (χ3n) is 2.96. The maximum Gasteiger partial charge on any atom is 0.239 e. The van der Waals surface area contributed by atoms with E-state index in [1.807, 2.05) is 6.92 Å². The van der Waals surface area contributed by atoms with Crippen LogP contribution in [0.15, 0.2) is 0 Å². The summed E-state index contributed by atoms with van der Waals surface area (Å²) in [6.45, 7) is 3.83. The molecule has 1 aliphatic heterocycles. The number of rotatable bonds is 6. The summed E-state index contributed by atoms with van der Waals surface area (Å²) in [5, 5.41) is 6.05. The molecule has 0 bridgehead atoms. The van der Waals surface area contributed by atoms with Gasteiger partial charge in [0, 0.05) is 26.1 Å². The van der Waals surface area contributed by atoms with Gasteiger partial charge in [-0.25, -0.2) is 0 Å². The first-order chi connectivity index (χ1) is 8.13. The van der Waals surface area contributed by atoms with Crippen molar-refractivity contribution in [3.05, 3.63) is 0 Å². The second-order valence-corrected chi connectivity index (χ2v) is 4.60. The second kappa shape index (κ2) is 7.27. The fourth-order valence-electron chi connectivity index (χ4n) is 1.92. The summed E-state index contributed by atoms with van der Waals surface area (Å²) in [6, 6.07) is 0.295. The van der Waals surface area contributed by atoms with Crippen LogP contribution in [-0.2, 0) is 9.59 Å². The van der Waals surface area contributed by atoms with Gasteiger partial charge in [0.25, 0.3) is 0 Å². The molecule has 0 aromatic carbocycles. The predicted octanol–water partition coefficient (Wildman–Crippen LogP) is 0.113. The van der Waals surface area contributed by atoms with Crippen molar-refractivity contribution in [1.82, 2.24) is 15.5 Å². The molecule has 1 fully saturated rings. The molecule has 1 aliphatic rings. The van der Waals surface area contributed by atoms with Crippen molar-refractivity contribution in [2.75, 3.05) is 26.7 Å². The van der Waals surface area contributed by atoms with Crippen LogP contribution >= 0.6 is 0 Å². The van der Waals surface area contributed by atoms with E-state index in [1.165, 1.54) is 4.90 Å². The number of likely N-dealkylation sites (N-methyl/N-ethyl adjacent to an activating group) is 1. The Balaban J connectivity index is 2.23. The highest BCUT2D eigenvalue weighted by molar-refractivity contribution is 5.84. The van der Waals surface area contributed by atoms with E-state index < -0.39 is 0 Å². The largest absolute Gasteiger partial charge is 0.355 e. The zero-order valence-electron chi connectivity index (χ0n) is 10.8. The Bertz CT molecular complexity index is 262. The van der Waals surface area contributed by atoms with Gasteiger partial charge in [0.2, 0.25) is 11.8 Å². The Kier molecular flexibility index (Phi) is 5.97. The molecule has 1 heterocycles. The first kappa shape index (κ1) is 14.0. The van der Waals surface area contributed by atoms with Crippen LogP contribution in [0.3, 0.4) is 0 Å². The Labute approximate surface area is 103 Å². The number of nitrogens with zero attached hydrogens (tertiary/aromatic N) is 1. The summed E-state index contributed by atoms with van der Waals surface area (Å²) in [4.78, 5) is 24.8. The van der Waals surface area contributed by atoms with E-state index >= 15 is 0 Å². The molecule has 2 amide bonds. The highest BCUT2D eigenvalue weighted by Gasteiger charge is 2.20. The number of nitrogens with one attached hydrogen (secondary N) is 2. The molecule has 1 saturated heterocycles. The topological polar surface area (TPSA) is 61.4 Å². The zero-order chi connectivity index (χ0) is 12.7. The van der Waals surface area contributed by atoms with Crippen molar-refractivity contribution < 1.29 is 9.59 Å². The Morgan fingerprint density at radius 2 is 2.24 bits per heavy atom. The van der Waals surface area contributed by atoms with Gasteiger partial charge in [0.15, 0.2) is 0 Å². The molecule has 1 atom stereocenters. The molecule has 5 nitrogen and oxygen atoms in total. The molecule has 0 radical (unpaired) electrons. The summed E-state index contributed by atoms with van der Waals surface area (Å²) in [7, 11) is 1.68. The Morgan fingerprint density at radius 1 is 1.47 bits per heavy atom. The van der Waals surface area contributed by atoms with Crippen molar-refractivity contribution in [2.45, 2.75) is 38.6 Å². The van der Waals surface area contributed by atoms with Gasteiger partial charge in [0.1, 0.15) is 0 Å². The maximum atomic E-state index is 11.8. The zero-order valence-corrected chi connectivity index (χ0v) is 10.8. The average molecular weight is 241 g/mol. The number of hydrogen-bond donors (Lipinski definition) is 2. The molecule has 0 saturated carbocycles. The SMILES string of the molecule is CCCNC(=O)CN(C)C(=O)CC1CCCN1. The van der Waals surface area contributed by atoms with E-state index in [9.17, 15) is 9.59 Å². The lowest BCUT2D eigenvalue weighted by Crippen LogP contribution is -2.40. The quantitative estimate of drug-likeness (QED) is 0.694. The highest BCUT2D eigenvalue weighted by Crippen LogP contribution is 2.09. The van der Waals surface area contributed by atoms with Gasteiger partial charge in [-0.2, -0.15) is 0 Å². The van der Waals surface area contributed by atoms with Crippen LogP contribution in [0.25, 0.3) is 0 Å². The normalized spacial score (nSPS) is 19.1. The van der Waals surface area contributed by atoms with Gasteiger partial charge >= 0.3 is 0 Å². The number of carbonyl (C=O) groups is 2. The van der Waals surface area contributed by atoms with Crippen LogP contribution in [0.2, 0.25) is 0 Å². The minimum Gasteiger partial charge on any atom is -0.355 e. The summed E-state index contributed by atoms with van der Waals surface area (Å²) >= 11 is 0. The van der Waals surface area contributed by atoms with E-state index in [0.717, 1.165) is 25.8 Å². The Hall–Kier alpha value is -1.10. The summed E-state index contributed by atoms with van der Waals surface area (Å²) < 4.78 is 0. The minimum atomic E-state index is -0.0814. The second-order valence-electron chi connectivity index (χ2n) is 4.60. The van der Waals surface area contributed by atoms with Crippen LogP contribution in [-0.4, -0.2) is 49.4 Å². The fraction of sp³-hybridized carbons (Fsp3) is 0.833. The first-order valence-electron chi connectivity index (χ1n) is 6.37. The van der Waals surface area contributed by atoms with E-state index in [4.69, 9.17) is 0 Å². The van der Waals surface area contributed by atoms with Crippen LogP contribution in [0.1, 0.15) is 32.6 Å². The van der Waals surface area contributed by atoms with Gasteiger partial charge in [-0.3, -0.25) is 9.59 Å². The molecular weight excluding hydrogens is 218 g/mol. The highest BCUT2D eigenvalue weighted by atomic mass is 16.2. The third kappa shape index (κ3) is 5.17. The van der Waals surface area contributed by atoms with Crippen molar-refractivity contribution in [1.29, 1.82) is 0 Å². The van der Waals surface area contributed by atoms with Crippen LogP contribution in [0.4, 0.5) is 0 Å². The minimum absolute atomic E-state index is 0.0380. The molecule has 1 unspecified atom stereocenters. The molecule has 0 aliphatic carbocycles. The summed E-state index contributed by atoms with van der Waals surface area (Å²) in [5.74, 6) is -0.0434. The number of amides is 2. The van der Waals surface area contributed by atoms with Crippen LogP contribution in [0, 0.1) is 0 Å². The summed E-state index contributed by atoms with van der Waals surface area (Å²) in [6.07, 6.45) is 3.60. The third-order valence-corrected chi connectivity index (χ3v) is 2.96. The predicted molar refractivity (Wildman–Crippen MR) is 66.6 cm³/mol. The molecule has 2 N–H and O–H groups in total. The van der Waals surface area contributed by atoms with E-state index in [0.29, 0.717) is 19.0 Å². The van der Waals surface area contributed by atoms with E-state index in [1.54, 1.807) is 7.05 Å². The Morgan fingerprint density at radius 3 is 2.82 bits per heavy atom.